The van der Waals surface area contributed by atoms with E-state index in [1.54, 1.807) is 14.2 Å². The Hall–Kier alpha value is -2.20. The smallest absolute Gasteiger partial charge is 0.161 e. The zero-order valence-electron chi connectivity index (χ0n) is 16.6. The molecule has 1 saturated heterocycles. The summed E-state index contributed by atoms with van der Waals surface area (Å²) in [5.74, 6) is 1.61. The van der Waals surface area contributed by atoms with E-state index >= 15 is 0 Å². The number of anilines is 1. The van der Waals surface area contributed by atoms with Crippen LogP contribution in [0.25, 0.3) is 0 Å². The summed E-state index contributed by atoms with van der Waals surface area (Å²) in [5, 5.41) is 0. The molecule has 26 heavy (non-hydrogen) atoms. The molecule has 0 atom stereocenters. The standard InChI is InChI=1S/C22H30N2O2/c1-16-7-6-8-20(18(16)3)24-11-9-23(10-12-24)15-19-14-22(26-5)21(25-4)13-17(19)2/h6-8,13-14H,9-12,15H2,1-5H3. The molecule has 2 aromatic rings. The van der Waals surface area contributed by atoms with E-state index in [0.29, 0.717) is 0 Å². The van der Waals surface area contributed by atoms with Crippen molar-refractivity contribution in [1.29, 1.82) is 0 Å². The van der Waals surface area contributed by atoms with Crippen LogP contribution in [0, 0.1) is 20.8 Å². The monoisotopic (exact) mass is 354 g/mol. The summed E-state index contributed by atoms with van der Waals surface area (Å²) in [7, 11) is 3.38. The SMILES string of the molecule is COc1cc(C)c(CN2CCN(c3cccc(C)c3C)CC2)cc1OC. The first-order chi connectivity index (χ1) is 12.5. The molecule has 0 N–H and O–H groups in total. The van der Waals surface area contributed by atoms with Gasteiger partial charge in [-0.3, -0.25) is 4.90 Å². The molecule has 4 nitrogen and oxygen atoms in total. The number of methoxy groups -OCH3 is 2. The first-order valence-electron chi connectivity index (χ1n) is 9.28. The van der Waals surface area contributed by atoms with Gasteiger partial charge in [0.25, 0.3) is 0 Å². The minimum Gasteiger partial charge on any atom is -0.493 e. The highest BCUT2D eigenvalue weighted by Crippen LogP contribution is 2.31. The van der Waals surface area contributed by atoms with Crippen molar-refractivity contribution < 1.29 is 9.47 Å². The molecule has 0 aromatic heterocycles. The highest BCUT2D eigenvalue weighted by molar-refractivity contribution is 5.56. The van der Waals surface area contributed by atoms with Crippen molar-refractivity contribution in [2.45, 2.75) is 27.3 Å². The molecule has 1 aliphatic rings. The maximum atomic E-state index is 5.47. The molecular weight excluding hydrogens is 324 g/mol. The quantitative estimate of drug-likeness (QED) is 0.812. The molecule has 140 valence electrons. The van der Waals surface area contributed by atoms with Crippen molar-refractivity contribution >= 4 is 5.69 Å². The van der Waals surface area contributed by atoms with E-state index in [0.717, 1.165) is 44.2 Å². The second kappa shape index (κ2) is 8.00. The maximum Gasteiger partial charge on any atom is 0.161 e. The summed E-state index contributed by atoms with van der Waals surface area (Å²) in [5.41, 5.74) is 6.71. The van der Waals surface area contributed by atoms with Crippen molar-refractivity contribution in [2.75, 3.05) is 45.3 Å². The largest absolute Gasteiger partial charge is 0.493 e. The Kier molecular flexibility index (Phi) is 5.72. The summed E-state index contributed by atoms with van der Waals surface area (Å²) >= 11 is 0. The van der Waals surface area contributed by atoms with Gasteiger partial charge in [0.05, 0.1) is 14.2 Å². The summed E-state index contributed by atoms with van der Waals surface area (Å²) in [6, 6.07) is 10.8. The number of benzene rings is 2. The highest BCUT2D eigenvalue weighted by Gasteiger charge is 2.20. The molecule has 0 aliphatic carbocycles. The Balaban J connectivity index is 1.67. The van der Waals surface area contributed by atoms with Crippen LogP contribution in [0.15, 0.2) is 30.3 Å². The summed E-state index contributed by atoms with van der Waals surface area (Å²) in [6.07, 6.45) is 0. The van der Waals surface area contributed by atoms with Gasteiger partial charge >= 0.3 is 0 Å². The van der Waals surface area contributed by atoms with Crippen LogP contribution in [0.5, 0.6) is 11.5 Å². The number of rotatable bonds is 5. The lowest BCUT2D eigenvalue weighted by Gasteiger charge is -2.37. The third-order valence-electron chi connectivity index (χ3n) is 5.53. The number of hydrogen-bond acceptors (Lipinski definition) is 4. The van der Waals surface area contributed by atoms with Gasteiger partial charge in [-0.1, -0.05) is 12.1 Å². The van der Waals surface area contributed by atoms with Crippen LogP contribution in [-0.2, 0) is 6.54 Å². The van der Waals surface area contributed by atoms with Gasteiger partial charge in [0.2, 0.25) is 0 Å². The van der Waals surface area contributed by atoms with Crippen LogP contribution in [0.4, 0.5) is 5.69 Å². The van der Waals surface area contributed by atoms with Crippen molar-refractivity contribution in [2.24, 2.45) is 0 Å². The van der Waals surface area contributed by atoms with Crippen molar-refractivity contribution in [3.63, 3.8) is 0 Å². The van der Waals surface area contributed by atoms with Crippen LogP contribution in [-0.4, -0.2) is 45.3 Å². The lowest BCUT2D eigenvalue weighted by atomic mass is 10.1. The molecule has 3 rings (SSSR count). The molecule has 0 saturated carbocycles. The molecule has 4 heteroatoms. The fourth-order valence-electron chi connectivity index (χ4n) is 3.66. The molecule has 2 aromatic carbocycles. The number of piperazine rings is 1. The average molecular weight is 354 g/mol. The third kappa shape index (κ3) is 3.80. The zero-order chi connectivity index (χ0) is 18.7. The van der Waals surface area contributed by atoms with Crippen LogP contribution < -0.4 is 14.4 Å². The molecule has 1 aliphatic heterocycles. The van der Waals surface area contributed by atoms with Gasteiger partial charge in [-0.05, 0) is 61.2 Å². The highest BCUT2D eigenvalue weighted by atomic mass is 16.5. The molecule has 0 bridgehead atoms. The Bertz CT molecular complexity index is 765. The minimum atomic E-state index is 0.800. The van der Waals surface area contributed by atoms with Crippen molar-refractivity contribution in [3.05, 3.63) is 52.6 Å². The second-order valence-corrected chi connectivity index (χ2v) is 7.12. The first kappa shape index (κ1) is 18.6. The van der Waals surface area contributed by atoms with Gasteiger partial charge in [-0.15, -0.1) is 0 Å². The van der Waals surface area contributed by atoms with E-state index in [1.807, 2.05) is 0 Å². The molecule has 1 heterocycles. The van der Waals surface area contributed by atoms with Crippen LogP contribution >= 0.6 is 0 Å². The lowest BCUT2D eigenvalue weighted by Crippen LogP contribution is -2.46. The predicted octanol–water partition coefficient (Wildman–Crippen LogP) is 3.95. The Morgan fingerprint density at radius 2 is 1.50 bits per heavy atom. The fraction of sp³-hybridized carbons (Fsp3) is 0.455. The van der Waals surface area contributed by atoms with Gasteiger partial charge in [-0.2, -0.15) is 0 Å². The second-order valence-electron chi connectivity index (χ2n) is 7.12. The van der Waals surface area contributed by atoms with Gasteiger partial charge in [0, 0.05) is 38.4 Å². The summed E-state index contributed by atoms with van der Waals surface area (Å²) in [4.78, 5) is 5.04. The summed E-state index contributed by atoms with van der Waals surface area (Å²) < 4.78 is 10.9. The van der Waals surface area contributed by atoms with E-state index in [2.05, 4.69) is 60.9 Å². The number of aryl methyl sites for hydroxylation is 2. The van der Waals surface area contributed by atoms with E-state index in [1.165, 1.54) is 27.9 Å². The molecule has 0 unspecified atom stereocenters. The van der Waals surface area contributed by atoms with Gasteiger partial charge < -0.3 is 14.4 Å². The van der Waals surface area contributed by atoms with E-state index < -0.39 is 0 Å². The van der Waals surface area contributed by atoms with Crippen LogP contribution in [0.2, 0.25) is 0 Å². The van der Waals surface area contributed by atoms with E-state index in [4.69, 9.17) is 9.47 Å². The number of nitrogens with zero attached hydrogens (tertiary/aromatic N) is 2. The van der Waals surface area contributed by atoms with Crippen LogP contribution in [0.1, 0.15) is 22.3 Å². The molecule has 0 radical (unpaired) electrons. The van der Waals surface area contributed by atoms with Gasteiger partial charge in [-0.25, -0.2) is 0 Å². The Morgan fingerprint density at radius 1 is 0.846 bits per heavy atom. The summed E-state index contributed by atoms with van der Waals surface area (Å²) in [6.45, 7) is 11.8. The maximum absolute atomic E-state index is 5.47. The Labute approximate surface area is 157 Å². The molecule has 1 fully saturated rings. The molecule has 0 spiro atoms. The van der Waals surface area contributed by atoms with Crippen LogP contribution in [0.3, 0.4) is 0 Å². The fourth-order valence-corrected chi connectivity index (χ4v) is 3.66. The lowest BCUT2D eigenvalue weighted by molar-refractivity contribution is 0.248. The van der Waals surface area contributed by atoms with Crippen molar-refractivity contribution in [1.82, 2.24) is 4.90 Å². The topological polar surface area (TPSA) is 24.9 Å². The van der Waals surface area contributed by atoms with Gasteiger partial charge in [0.1, 0.15) is 0 Å². The average Bonchev–Trinajstić information content (AvgIpc) is 2.66. The zero-order valence-corrected chi connectivity index (χ0v) is 16.6. The first-order valence-corrected chi connectivity index (χ1v) is 9.28. The molecule has 0 amide bonds. The number of hydrogen-bond donors (Lipinski definition) is 0. The minimum absolute atomic E-state index is 0.800. The van der Waals surface area contributed by atoms with E-state index in [9.17, 15) is 0 Å². The van der Waals surface area contributed by atoms with E-state index in [-0.39, 0.29) is 0 Å². The Morgan fingerprint density at radius 3 is 2.15 bits per heavy atom. The van der Waals surface area contributed by atoms with Gasteiger partial charge in [0.15, 0.2) is 11.5 Å². The molecular formula is C22H30N2O2. The number of ether oxygens (including phenoxy) is 2. The third-order valence-corrected chi connectivity index (χ3v) is 5.53. The van der Waals surface area contributed by atoms with Crippen molar-refractivity contribution in [3.8, 4) is 11.5 Å². The predicted molar refractivity (Wildman–Crippen MR) is 108 cm³/mol. The normalized spacial score (nSPS) is 15.2.